The van der Waals surface area contributed by atoms with Gasteiger partial charge in [-0.2, -0.15) is 0 Å². The molecule has 3 saturated heterocycles. The summed E-state index contributed by atoms with van der Waals surface area (Å²) in [5, 5.41) is 40.4. The van der Waals surface area contributed by atoms with E-state index in [-0.39, 0.29) is 123 Å². The zero-order valence-electron chi connectivity index (χ0n) is 53.2. The van der Waals surface area contributed by atoms with Crippen LogP contribution in [0.2, 0.25) is 0 Å². The summed E-state index contributed by atoms with van der Waals surface area (Å²) >= 11 is 0. The van der Waals surface area contributed by atoms with Crippen molar-refractivity contribution in [2.24, 2.45) is 4.99 Å². The first-order valence-electron chi connectivity index (χ1n) is 31.4. The third kappa shape index (κ3) is 25.6. The number of aliphatic carboxylic acids is 3. The molecule has 4 heterocycles. The van der Waals surface area contributed by atoms with E-state index in [2.05, 4.69) is 36.1 Å². The van der Waals surface area contributed by atoms with Gasteiger partial charge in [-0.05, 0) is 75.3 Å². The number of piperazine rings is 1. The molecular formula is C63H89F2N13O15. The Bertz CT molecular complexity index is 3030. The van der Waals surface area contributed by atoms with Crippen LogP contribution in [-0.2, 0) is 54.3 Å². The SMILES string of the molecule is C/N=C/[C@H]1CC(F)(F)CN1C(=O)CNC(=O)c1ccnc2ccc(OCCCN3CCN(C(=O)[C@H](CC(=O)OC)NC(=O)[C@H](CCCCNC(=O)CCCc4ccc(C)cc4)NC(=O)CN4CCN(CC(=O)O)CCN(CC(=O)O)CCN(CC(=O)O)CC4)CC3)cc12. The zero-order chi connectivity index (χ0) is 67.5. The molecule has 1 aromatic heterocycles. The first-order valence-corrected chi connectivity index (χ1v) is 31.4. The quantitative estimate of drug-likeness (QED) is 0.0253. The summed E-state index contributed by atoms with van der Waals surface area (Å²) in [6.45, 7) is 3.00. The fraction of sp³-hybridized carbons (Fsp3) is 0.587. The molecule has 3 fully saturated rings. The van der Waals surface area contributed by atoms with Crippen LogP contribution in [0.15, 0.2) is 59.7 Å². The Morgan fingerprint density at radius 3 is 1.90 bits per heavy atom. The van der Waals surface area contributed by atoms with Crippen LogP contribution in [0, 0.1) is 6.92 Å². The number of carboxylic acid groups (broad SMARTS) is 3. The van der Waals surface area contributed by atoms with E-state index >= 15 is 0 Å². The molecule has 0 saturated carbocycles. The second-order valence-electron chi connectivity index (χ2n) is 23.6. The van der Waals surface area contributed by atoms with Crippen LogP contribution in [0.25, 0.3) is 10.9 Å². The molecule has 3 atom stereocenters. The molecule has 3 aromatic rings. The molecule has 0 unspecified atom stereocenters. The van der Waals surface area contributed by atoms with Gasteiger partial charge in [0.15, 0.2) is 0 Å². The Labute approximate surface area is 539 Å². The van der Waals surface area contributed by atoms with Gasteiger partial charge in [0, 0.05) is 129 Å². The summed E-state index contributed by atoms with van der Waals surface area (Å²) in [6.07, 6.45) is 4.68. The van der Waals surface area contributed by atoms with E-state index in [1.54, 1.807) is 37.8 Å². The largest absolute Gasteiger partial charge is 0.494 e. The number of hydrogen-bond donors (Lipinski definition) is 7. The molecule has 0 spiro atoms. The van der Waals surface area contributed by atoms with Crippen LogP contribution in [0.4, 0.5) is 8.78 Å². The molecule has 30 heteroatoms. The van der Waals surface area contributed by atoms with Crippen molar-refractivity contribution in [1.82, 2.24) is 60.6 Å². The highest BCUT2D eigenvalue weighted by Gasteiger charge is 2.46. The highest BCUT2D eigenvalue weighted by molar-refractivity contribution is 6.07. The maximum Gasteiger partial charge on any atom is 0.317 e. The summed E-state index contributed by atoms with van der Waals surface area (Å²) in [5.41, 5.74) is 2.94. The van der Waals surface area contributed by atoms with Crippen LogP contribution in [0.1, 0.15) is 72.9 Å². The molecule has 28 nitrogen and oxygen atoms in total. The predicted octanol–water partition coefficient (Wildman–Crippen LogP) is 0.440. The molecule has 93 heavy (non-hydrogen) atoms. The lowest BCUT2D eigenvalue weighted by Gasteiger charge is -2.36. The number of pyridine rings is 1. The monoisotopic (exact) mass is 1310 g/mol. The molecule has 7 N–H and O–H groups in total. The molecule has 3 aliphatic rings. The van der Waals surface area contributed by atoms with Gasteiger partial charge in [-0.25, -0.2) is 8.78 Å². The van der Waals surface area contributed by atoms with Crippen molar-refractivity contribution >= 4 is 76.4 Å². The Hall–Kier alpha value is -8.32. The Morgan fingerprint density at radius 2 is 1.31 bits per heavy atom. The lowest BCUT2D eigenvalue weighted by molar-refractivity contribution is -0.147. The van der Waals surface area contributed by atoms with E-state index in [0.717, 1.165) is 29.6 Å². The third-order valence-electron chi connectivity index (χ3n) is 16.4. The first kappa shape index (κ1) is 73.7. The predicted molar refractivity (Wildman–Crippen MR) is 337 cm³/mol. The summed E-state index contributed by atoms with van der Waals surface area (Å²) in [6, 6.07) is 11.1. The summed E-state index contributed by atoms with van der Waals surface area (Å²) in [5.74, 6) is -10.1. The number of carboxylic acids is 3. The fourth-order valence-electron chi connectivity index (χ4n) is 11.3. The van der Waals surface area contributed by atoms with Crippen LogP contribution in [0.5, 0.6) is 5.75 Å². The average molecular weight is 1310 g/mol. The highest BCUT2D eigenvalue weighted by Crippen LogP contribution is 2.31. The van der Waals surface area contributed by atoms with E-state index in [1.165, 1.54) is 30.4 Å². The molecule has 0 radical (unpaired) electrons. The molecule has 510 valence electrons. The number of aryl methyl sites for hydroxylation is 2. The van der Waals surface area contributed by atoms with Crippen LogP contribution in [-0.4, -0.2) is 296 Å². The minimum absolute atomic E-state index is 0.0536. The van der Waals surface area contributed by atoms with E-state index in [4.69, 9.17) is 9.47 Å². The number of halogens is 2. The van der Waals surface area contributed by atoms with Gasteiger partial charge >= 0.3 is 23.9 Å². The second-order valence-corrected chi connectivity index (χ2v) is 23.6. The van der Waals surface area contributed by atoms with Crippen molar-refractivity contribution < 1.29 is 81.5 Å². The number of ether oxygens (including phenoxy) is 2. The number of unbranched alkanes of at least 4 members (excludes halogenated alkanes) is 1. The molecular weight excluding hydrogens is 1220 g/mol. The summed E-state index contributed by atoms with van der Waals surface area (Å²) in [4.78, 5) is 150. The number of esters is 1. The Kier molecular flexibility index (Phi) is 29.6. The number of rotatable bonds is 32. The van der Waals surface area contributed by atoms with Crippen molar-refractivity contribution in [2.45, 2.75) is 88.8 Å². The minimum Gasteiger partial charge on any atom is -0.494 e. The first-order chi connectivity index (χ1) is 44.5. The normalized spacial score (nSPS) is 18.0. The maximum atomic E-state index is 14.5. The van der Waals surface area contributed by atoms with Gasteiger partial charge in [0.05, 0.1) is 76.5 Å². The number of carbonyl (C=O) groups excluding carboxylic acids is 7. The van der Waals surface area contributed by atoms with Crippen molar-refractivity contribution in [2.75, 3.05) is 152 Å². The molecule has 6 rings (SSSR count). The third-order valence-corrected chi connectivity index (χ3v) is 16.4. The van der Waals surface area contributed by atoms with Crippen LogP contribution in [0.3, 0.4) is 0 Å². The number of amides is 6. The number of benzene rings is 2. The van der Waals surface area contributed by atoms with Gasteiger partial charge in [0.1, 0.15) is 17.8 Å². The number of likely N-dealkylation sites (tertiary alicyclic amines) is 1. The Balaban J connectivity index is 1.05. The summed E-state index contributed by atoms with van der Waals surface area (Å²) < 4.78 is 39.4. The highest BCUT2D eigenvalue weighted by atomic mass is 19.3. The van der Waals surface area contributed by atoms with Gasteiger partial charge in [-0.1, -0.05) is 29.8 Å². The summed E-state index contributed by atoms with van der Waals surface area (Å²) in [7, 11) is 2.58. The lowest BCUT2D eigenvalue weighted by atomic mass is 10.1. The van der Waals surface area contributed by atoms with Gasteiger partial charge < -0.3 is 55.9 Å². The van der Waals surface area contributed by atoms with Crippen molar-refractivity contribution in [3.63, 3.8) is 0 Å². The van der Waals surface area contributed by atoms with Gasteiger partial charge in [-0.15, -0.1) is 0 Å². The minimum atomic E-state index is -3.08. The van der Waals surface area contributed by atoms with Crippen molar-refractivity contribution in [1.29, 1.82) is 0 Å². The van der Waals surface area contributed by atoms with E-state index in [9.17, 15) is 72.0 Å². The molecule has 0 bridgehead atoms. The Morgan fingerprint density at radius 1 is 0.710 bits per heavy atom. The van der Waals surface area contributed by atoms with E-state index in [1.807, 2.05) is 31.2 Å². The van der Waals surface area contributed by atoms with E-state index < -0.39 is 103 Å². The molecule has 0 aliphatic carbocycles. The average Bonchev–Trinajstić information content (AvgIpc) is 1.81. The number of fused-ring (bicyclic) bond motifs is 1. The van der Waals surface area contributed by atoms with E-state index in [0.29, 0.717) is 68.4 Å². The zero-order valence-corrected chi connectivity index (χ0v) is 53.2. The number of carbonyl (C=O) groups is 10. The number of nitrogens with zero attached hydrogens (tertiary/aromatic N) is 9. The van der Waals surface area contributed by atoms with Crippen molar-refractivity contribution in [3.05, 3.63) is 71.4 Å². The number of aliphatic imine (C=N–C) groups is 1. The topological polar surface area (TPSA) is 346 Å². The smallest absolute Gasteiger partial charge is 0.317 e. The number of aromatic nitrogens is 1. The number of nitrogens with one attached hydrogen (secondary N) is 4. The molecule has 6 amide bonds. The van der Waals surface area contributed by atoms with Gasteiger partial charge in [0.2, 0.25) is 29.5 Å². The molecule has 2 aromatic carbocycles. The lowest BCUT2D eigenvalue weighted by Crippen LogP contribution is -2.58. The number of hydrogen-bond acceptors (Lipinski definition) is 19. The van der Waals surface area contributed by atoms with Crippen molar-refractivity contribution in [3.8, 4) is 5.75 Å². The molecule has 3 aliphatic heterocycles. The second kappa shape index (κ2) is 37.4. The maximum absolute atomic E-state index is 14.5. The van der Waals surface area contributed by atoms with Gasteiger partial charge in [-0.3, -0.25) is 82.4 Å². The fourth-order valence-corrected chi connectivity index (χ4v) is 11.3. The van der Waals surface area contributed by atoms with Crippen LogP contribution < -0.4 is 26.0 Å². The van der Waals surface area contributed by atoms with Crippen LogP contribution >= 0.6 is 0 Å². The number of alkyl halides is 2. The number of methoxy groups -OCH3 is 1. The standard InChI is InChI=1S/C63H89F2N13O15/c1-44-11-13-45(14-12-44)8-6-10-53(79)68-18-5-4-9-51(70-54(80)39-73-21-23-74(40-56(82)83)25-27-76(42-58(86)87)28-26-75(24-22-73)41-57(84)85)61(90)71-52(35-59(88)92-3)62(91)77-31-29-72(30-32-77)20-7-33-93-47-15-16-50-49(34-47)48(17-19-67-50)60(89)69-38-55(81)78-43-63(64,65)36-46(78)37-66-2/h11-17,19,34,37,46,51-52H,4-10,18,20-33,35-36,38-43H2,1-3H3,(H,68,79)(H,69,89)(H,70,80)(H,71,90)(H,82,83)(H,84,85)(H,86,87)/b66-37+/t46-,51+,52+/m1/s1. The van der Waals surface area contributed by atoms with Gasteiger partial charge in [0.25, 0.3) is 11.8 Å².